The molecule has 76 valence electrons. The van der Waals surface area contributed by atoms with Gasteiger partial charge in [0.1, 0.15) is 0 Å². The van der Waals surface area contributed by atoms with Gasteiger partial charge < -0.3 is 16.8 Å². The summed E-state index contributed by atoms with van der Waals surface area (Å²) in [5.74, 6) is -0.218. The van der Waals surface area contributed by atoms with Crippen LogP contribution in [0.5, 0.6) is 0 Å². The van der Waals surface area contributed by atoms with Crippen molar-refractivity contribution < 1.29 is 4.79 Å². The Morgan fingerprint density at radius 2 is 2.23 bits per heavy atom. The lowest BCUT2D eigenvalue weighted by atomic mass is 10.2. The Balaban J connectivity index is 1.97. The van der Waals surface area contributed by atoms with Gasteiger partial charge in [0.25, 0.3) is 0 Å². The highest BCUT2D eigenvalue weighted by molar-refractivity contribution is 5.73. The molecular formula is C9H19N3O. The van der Waals surface area contributed by atoms with Crippen LogP contribution in [0.1, 0.15) is 32.1 Å². The first-order chi connectivity index (χ1) is 6.18. The van der Waals surface area contributed by atoms with Gasteiger partial charge in [0.2, 0.25) is 5.91 Å². The average molecular weight is 185 g/mol. The number of carbonyl (C=O) groups is 1. The predicted octanol–water partition coefficient (Wildman–Crippen LogP) is -0.279. The summed E-state index contributed by atoms with van der Waals surface area (Å²) in [6.07, 6.45) is 4.66. The molecule has 1 rings (SSSR count). The van der Waals surface area contributed by atoms with Gasteiger partial charge >= 0.3 is 0 Å². The molecule has 0 aliphatic heterocycles. The molecule has 5 N–H and O–H groups in total. The number of carbonyl (C=O) groups excluding carboxylic acids is 1. The van der Waals surface area contributed by atoms with Gasteiger partial charge in [-0.3, -0.25) is 4.79 Å². The van der Waals surface area contributed by atoms with E-state index in [0.29, 0.717) is 18.5 Å². The number of amides is 1. The summed E-state index contributed by atoms with van der Waals surface area (Å²) in [6, 6.07) is 0.927. The van der Waals surface area contributed by atoms with Gasteiger partial charge in [-0.05, 0) is 32.2 Å². The van der Waals surface area contributed by atoms with Crippen molar-refractivity contribution in [3.8, 4) is 0 Å². The van der Waals surface area contributed by atoms with Crippen molar-refractivity contribution in [3.05, 3.63) is 0 Å². The Bertz CT molecular complexity index is 172. The molecule has 4 heteroatoms. The third kappa shape index (κ3) is 4.24. The highest BCUT2D eigenvalue weighted by Gasteiger charge is 2.20. The molecule has 1 amide bonds. The minimum absolute atomic E-state index is 0.218. The van der Waals surface area contributed by atoms with Crippen molar-refractivity contribution in [2.75, 3.05) is 6.54 Å². The predicted molar refractivity (Wildman–Crippen MR) is 52.0 cm³/mol. The molecule has 2 unspecified atom stereocenters. The van der Waals surface area contributed by atoms with Crippen LogP contribution in [0, 0.1) is 0 Å². The van der Waals surface area contributed by atoms with E-state index in [-0.39, 0.29) is 5.91 Å². The quantitative estimate of drug-likeness (QED) is 0.515. The zero-order valence-corrected chi connectivity index (χ0v) is 7.96. The molecule has 0 aromatic rings. The first-order valence-electron chi connectivity index (χ1n) is 4.95. The first kappa shape index (κ1) is 10.5. The summed E-state index contributed by atoms with van der Waals surface area (Å²) in [7, 11) is 0. The molecule has 0 heterocycles. The van der Waals surface area contributed by atoms with E-state index < -0.39 is 0 Å². The minimum Gasteiger partial charge on any atom is -0.370 e. The maximum Gasteiger partial charge on any atom is 0.217 e. The topological polar surface area (TPSA) is 81.1 Å². The van der Waals surface area contributed by atoms with Crippen molar-refractivity contribution in [3.63, 3.8) is 0 Å². The zero-order valence-electron chi connectivity index (χ0n) is 7.96. The lowest BCUT2D eigenvalue weighted by Crippen LogP contribution is -2.29. The first-order valence-corrected chi connectivity index (χ1v) is 4.95. The Hall–Kier alpha value is -0.610. The molecule has 1 saturated carbocycles. The number of rotatable bonds is 5. The molecule has 1 aliphatic carbocycles. The zero-order chi connectivity index (χ0) is 9.68. The van der Waals surface area contributed by atoms with Crippen molar-refractivity contribution in [2.45, 2.75) is 44.2 Å². The van der Waals surface area contributed by atoms with E-state index in [1.807, 2.05) is 0 Å². The Morgan fingerprint density at radius 3 is 2.77 bits per heavy atom. The summed E-state index contributed by atoms with van der Waals surface area (Å²) in [5.41, 5.74) is 10.8. The van der Waals surface area contributed by atoms with Gasteiger partial charge in [-0.25, -0.2) is 0 Å². The largest absolute Gasteiger partial charge is 0.370 e. The highest BCUT2D eigenvalue weighted by atomic mass is 16.1. The van der Waals surface area contributed by atoms with E-state index in [1.54, 1.807) is 0 Å². The van der Waals surface area contributed by atoms with Gasteiger partial charge in [-0.15, -0.1) is 0 Å². The number of nitrogens with one attached hydrogen (secondary N) is 1. The second-order valence-electron chi connectivity index (χ2n) is 3.79. The van der Waals surface area contributed by atoms with E-state index in [4.69, 9.17) is 11.5 Å². The van der Waals surface area contributed by atoms with Crippen LogP contribution in [-0.2, 0) is 4.79 Å². The van der Waals surface area contributed by atoms with Gasteiger partial charge in [0.05, 0.1) is 0 Å². The summed E-state index contributed by atoms with van der Waals surface area (Å²) in [4.78, 5) is 10.4. The Morgan fingerprint density at radius 1 is 1.46 bits per heavy atom. The maximum atomic E-state index is 10.4. The maximum absolute atomic E-state index is 10.4. The van der Waals surface area contributed by atoms with Crippen LogP contribution in [0.2, 0.25) is 0 Å². The molecule has 2 atom stereocenters. The lowest BCUT2D eigenvalue weighted by molar-refractivity contribution is -0.118. The van der Waals surface area contributed by atoms with Crippen LogP contribution < -0.4 is 16.8 Å². The average Bonchev–Trinajstić information content (AvgIpc) is 2.45. The second kappa shape index (κ2) is 5.19. The fourth-order valence-corrected chi connectivity index (χ4v) is 1.77. The fourth-order valence-electron chi connectivity index (χ4n) is 1.77. The van der Waals surface area contributed by atoms with E-state index in [0.717, 1.165) is 32.2 Å². The molecule has 0 saturated heterocycles. The van der Waals surface area contributed by atoms with Gasteiger partial charge in [0.15, 0.2) is 0 Å². The molecule has 1 aliphatic rings. The van der Waals surface area contributed by atoms with E-state index in [2.05, 4.69) is 5.32 Å². The molecule has 0 aromatic carbocycles. The highest BCUT2D eigenvalue weighted by Crippen LogP contribution is 2.16. The van der Waals surface area contributed by atoms with Crippen LogP contribution in [0.4, 0.5) is 0 Å². The van der Waals surface area contributed by atoms with Crippen molar-refractivity contribution in [1.29, 1.82) is 0 Å². The van der Waals surface area contributed by atoms with Crippen molar-refractivity contribution in [2.24, 2.45) is 11.5 Å². The van der Waals surface area contributed by atoms with Crippen molar-refractivity contribution >= 4 is 5.91 Å². The normalized spacial score (nSPS) is 27.8. The summed E-state index contributed by atoms with van der Waals surface area (Å²) in [5, 5.41) is 3.38. The van der Waals surface area contributed by atoms with Crippen LogP contribution >= 0.6 is 0 Å². The second-order valence-corrected chi connectivity index (χ2v) is 3.79. The summed E-state index contributed by atoms with van der Waals surface area (Å²) >= 11 is 0. The van der Waals surface area contributed by atoms with E-state index in [1.165, 1.54) is 0 Å². The molecule has 0 spiro atoms. The number of hydrogen-bond acceptors (Lipinski definition) is 3. The molecule has 0 bridgehead atoms. The smallest absolute Gasteiger partial charge is 0.217 e. The Kier molecular flexibility index (Phi) is 4.18. The summed E-state index contributed by atoms with van der Waals surface area (Å²) in [6.45, 7) is 0.875. The van der Waals surface area contributed by atoms with E-state index in [9.17, 15) is 4.79 Å². The molecule has 1 fully saturated rings. The fraction of sp³-hybridized carbons (Fsp3) is 0.889. The minimum atomic E-state index is -0.218. The van der Waals surface area contributed by atoms with Gasteiger partial charge in [0, 0.05) is 18.5 Å². The monoisotopic (exact) mass is 185 g/mol. The molecule has 0 aromatic heterocycles. The Labute approximate surface area is 79.0 Å². The number of hydrogen-bond donors (Lipinski definition) is 3. The summed E-state index contributed by atoms with van der Waals surface area (Å²) < 4.78 is 0. The SMILES string of the molecule is NC(=O)CCCNC1CCC(N)C1. The van der Waals surface area contributed by atoms with E-state index >= 15 is 0 Å². The molecule has 0 radical (unpaired) electrons. The molecule has 13 heavy (non-hydrogen) atoms. The third-order valence-electron chi connectivity index (χ3n) is 2.51. The standard InChI is InChI=1S/C9H19N3O/c10-7-3-4-8(6-7)12-5-1-2-9(11)13/h7-8,12H,1-6,10H2,(H2,11,13). The van der Waals surface area contributed by atoms with Crippen LogP contribution in [-0.4, -0.2) is 24.5 Å². The third-order valence-corrected chi connectivity index (χ3v) is 2.51. The number of primary amides is 1. The van der Waals surface area contributed by atoms with Crippen LogP contribution in [0.3, 0.4) is 0 Å². The lowest BCUT2D eigenvalue weighted by Gasteiger charge is -2.11. The molecular weight excluding hydrogens is 166 g/mol. The molecule has 4 nitrogen and oxygen atoms in total. The number of nitrogens with two attached hydrogens (primary N) is 2. The van der Waals surface area contributed by atoms with Crippen molar-refractivity contribution in [1.82, 2.24) is 5.32 Å². The van der Waals surface area contributed by atoms with Gasteiger partial charge in [-0.1, -0.05) is 0 Å². The van der Waals surface area contributed by atoms with Crippen LogP contribution in [0.15, 0.2) is 0 Å². The van der Waals surface area contributed by atoms with Crippen LogP contribution in [0.25, 0.3) is 0 Å². The van der Waals surface area contributed by atoms with Gasteiger partial charge in [-0.2, -0.15) is 0 Å².